The molecular formula is C24H21N5O. The summed E-state index contributed by atoms with van der Waals surface area (Å²) in [7, 11) is 1.66. The van der Waals surface area contributed by atoms with Gasteiger partial charge in [-0.15, -0.1) is 0 Å². The van der Waals surface area contributed by atoms with Crippen molar-refractivity contribution in [2.24, 2.45) is 0 Å². The second-order valence-corrected chi connectivity index (χ2v) is 7.37. The Hall–Kier alpha value is -3.93. The SMILES string of the molecule is CNC(=O)CCc1cc2cc3ccc(cc4nc(cc5nc(cc1[nH]2)C=C5)C=C4)[nH]3. The second-order valence-electron chi connectivity index (χ2n) is 7.37. The van der Waals surface area contributed by atoms with Gasteiger partial charge in [0.25, 0.3) is 0 Å². The van der Waals surface area contributed by atoms with Crippen molar-refractivity contribution in [1.82, 2.24) is 25.3 Å². The van der Waals surface area contributed by atoms with Crippen molar-refractivity contribution >= 4 is 52.3 Å². The van der Waals surface area contributed by atoms with Crippen molar-refractivity contribution < 1.29 is 4.79 Å². The van der Waals surface area contributed by atoms with Crippen LogP contribution in [0.15, 0.2) is 42.5 Å². The highest BCUT2D eigenvalue weighted by molar-refractivity contribution is 5.79. The van der Waals surface area contributed by atoms with E-state index in [-0.39, 0.29) is 5.91 Å². The molecule has 0 atom stereocenters. The maximum Gasteiger partial charge on any atom is 0.220 e. The van der Waals surface area contributed by atoms with Gasteiger partial charge >= 0.3 is 0 Å². The Morgan fingerprint density at radius 1 is 0.800 bits per heavy atom. The van der Waals surface area contributed by atoms with Crippen LogP contribution in [0.25, 0.3) is 46.4 Å². The van der Waals surface area contributed by atoms with Crippen molar-refractivity contribution in [3.8, 4) is 0 Å². The minimum absolute atomic E-state index is 0.0281. The van der Waals surface area contributed by atoms with Crippen molar-refractivity contribution in [2.45, 2.75) is 12.8 Å². The molecule has 0 radical (unpaired) electrons. The van der Waals surface area contributed by atoms with Crippen molar-refractivity contribution in [3.63, 3.8) is 0 Å². The molecule has 2 aliphatic rings. The highest BCUT2D eigenvalue weighted by Gasteiger charge is 2.07. The van der Waals surface area contributed by atoms with Crippen LogP contribution in [-0.2, 0) is 11.2 Å². The molecule has 148 valence electrons. The fraction of sp³-hybridized carbons (Fsp3) is 0.125. The van der Waals surface area contributed by atoms with Crippen LogP contribution in [0, 0.1) is 0 Å². The summed E-state index contributed by atoms with van der Waals surface area (Å²) in [6.07, 6.45) is 9.06. The van der Waals surface area contributed by atoms with E-state index in [2.05, 4.69) is 32.4 Å². The second kappa shape index (κ2) is 7.48. The van der Waals surface area contributed by atoms with Gasteiger partial charge in [0.2, 0.25) is 5.91 Å². The summed E-state index contributed by atoms with van der Waals surface area (Å²) < 4.78 is 0. The largest absolute Gasteiger partial charge is 0.359 e. The summed E-state index contributed by atoms with van der Waals surface area (Å²) in [5.41, 5.74) is 8.52. The van der Waals surface area contributed by atoms with E-state index in [1.807, 2.05) is 54.6 Å². The van der Waals surface area contributed by atoms with Gasteiger partial charge in [-0.05, 0) is 78.8 Å². The molecule has 5 heterocycles. The summed E-state index contributed by atoms with van der Waals surface area (Å²) in [5, 5.41) is 2.69. The molecule has 30 heavy (non-hydrogen) atoms. The van der Waals surface area contributed by atoms with Gasteiger partial charge in [0, 0.05) is 35.5 Å². The number of rotatable bonds is 3. The van der Waals surface area contributed by atoms with Crippen molar-refractivity contribution in [1.29, 1.82) is 0 Å². The number of fused-ring (bicyclic) bond motifs is 8. The topological polar surface area (TPSA) is 86.5 Å². The standard InChI is InChI=1S/C24H21N5O/c1-25-24(30)9-2-15-10-22-13-20-6-5-18(27-20)11-16-3-4-17(26-16)12-19-7-8-21(28-19)14-23(15)29-22/h3-8,10-14,27,29H,2,9H2,1H3,(H,25,30). The number of hydrogen-bond donors (Lipinski definition) is 3. The molecule has 0 aromatic carbocycles. The van der Waals surface area contributed by atoms with Gasteiger partial charge < -0.3 is 15.3 Å². The molecule has 3 aromatic heterocycles. The predicted octanol–water partition coefficient (Wildman–Crippen LogP) is 4.33. The number of H-pyrrole nitrogens is 2. The number of carbonyl (C=O) groups is 1. The Kier molecular flexibility index (Phi) is 4.52. The molecule has 2 aliphatic heterocycles. The lowest BCUT2D eigenvalue weighted by atomic mass is 10.1. The quantitative estimate of drug-likeness (QED) is 0.425. The minimum atomic E-state index is 0.0281. The van der Waals surface area contributed by atoms with Gasteiger partial charge in [0.05, 0.1) is 22.8 Å². The van der Waals surface area contributed by atoms with Crippen molar-refractivity contribution in [2.75, 3.05) is 7.05 Å². The van der Waals surface area contributed by atoms with Gasteiger partial charge in [-0.1, -0.05) is 0 Å². The Balaban J connectivity index is 1.73. The Morgan fingerprint density at radius 2 is 1.43 bits per heavy atom. The Bertz CT molecular complexity index is 1360. The first-order valence-corrected chi connectivity index (χ1v) is 9.92. The van der Waals surface area contributed by atoms with Gasteiger partial charge in [0.15, 0.2) is 0 Å². The molecule has 3 aromatic rings. The lowest BCUT2D eigenvalue weighted by Gasteiger charge is -1.98. The zero-order chi connectivity index (χ0) is 20.5. The Morgan fingerprint density at radius 3 is 2.13 bits per heavy atom. The molecule has 0 fully saturated rings. The molecule has 6 nitrogen and oxygen atoms in total. The number of hydrogen-bond acceptors (Lipinski definition) is 3. The average Bonchev–Trinajstić information content (AvgIpc) is 3.51. The number of aryl methyl sites for hydroxylation is 1. The summed E-state index contributed by atoms with van der Waals surface area (Å²) in [4.78, 5) is 28.0. The van der Waals surface area contributed by atoms with Gasteiger partial charge in [0.1, 0.15) is 0 Å². The van der Waals surface area contributed by atoms with Crippen LogP contribution in [0.1, 0.15) is 34.8 Å². The van der Waals surface area contributed by atoms with Crippen LogP contribution in [-0.4, -0.2) is 32.9 Å². The smallest absolute Gasteiger partial charge is 0.220 e. The van der Waals surface area contributed by atoms with Crippen molar-refractivity contribution in [3.05, 3.63) is 70.8 Å². The number of nitrogens with one attached hydrogen (secondary N) is 3. The molecule has 0 spiro atoms. The van der Waals surface area contributed by atoms with E-state index in [0.29, 0.717) is 12.8 Å². The molecule has 6 heteroatoms. The van der Waals surface area contributed by atoms with E-state index in [4.69, 9.17) is 4.98 Å². The zero-order valence-electron chi connectivity index (χ0n) is 16.6. The first-order chi connectivity index (χ1) is 14.6. The van der Waals surface area contributed by atoms with E-state index in [9.17, 15) is 4.79 Å². The van der Waals surface area contributed by atoms with E-state index < -0.39 is 0 Å². The minimum Gasteiger partial charge on any atom is -0.359 e. The molecule has 0 aliphatic carbocycles. The number of amides is 1. The third-order valence-electron chi connectivity index (χ3n) is 5.15. The summed E-state index contributed by atoms with van der Waals surface area (Å²) >= 11 is 0. The van der Waals surface area contributed by atoms with E-state index in [0.717, 1.165) is 50.4 Å². The molecule has 0 unspecified atom stereocenters. The van der Waals surface area contributed by atoms with E-state index >= 15 is 0 Å². The zero-order valence-corrected chi connectivity index (χ0v) is 16.6. The van der Waals surface area contributed by atoms with E-state index in [1.165, 1.54) is 0 Å². The predicted molar refractivity (Wildman–Crippen MR) is 121 cm³/mol. The third kappa shape index (κ3) is 3.80. The maximum atomic E-state index is 11.7. The molecule has 3 N–H and O–H groups in total. The third-order valence-corrected chi connectivity index (χ3v) is 5.15. The van der Waals surface area contributed by atoms with Crippen LogP contribution >= 0.6 is 0 Å². The normalized spacial score (nSPS) is 12.3. The molecule has 1 amide bonds. The van der Waals surface area contributed by atoms with Gasteiger partial charge in [-0.2, -0.15) is 0 Å². The summed E-state index contributed by atoms with van der Waals surface area (Å²) in [6.45, 7) is 0. The van der Waals surface area contributed by atoms with Gasteiger partial charge in [-0.3, -0.25) is 4.79 Å². The van der Waals surface area contributed by atoms with E-state index in [1.54, 1.807) is 7.05 Å². The first kappa shape index (κ1) is 18.1. The highest BCUT2D eigenvalue weighted by atomic mass is 16.1. The lowest BCUT2D eigenvalue weighted by Crippen LogP contribution is -2.17. The maximum absolute atomic E-state index is 11.7. The number of nitrogens with zero attached hydrogens (tertiary/aromatic N) is 2. The van der Waals surface area contributed by atoms with Crippen LogP contribution in [0.5, 0.6) is 0 Å². The van der Waals surface area contributed by atoms with Crippen LogP contribution in [0.2, 0.25) is 0 Å². The lowest BCUT2D eigenvalue weighted by molar-refractivity contribution is -0.120. The Labute approximate surface area is 173 Å². The fourth-order valence-corrected chi connectivity index (χ4v) is 3.66. The first-order valence-electron chi connectivity index (χ1n) is 9.92. The monoisotopic (exact) mass is 395 g/mol. The van der Waals surface area contributed by atoms with Crippen LogP contribution in [0.4, 0.5) is 0 Å². The molecule has 8 bridgehead atoms. The van der Waals surface area contributed by atoms with Crippen LogP contribution in [0.3, 0.4) is 0 Å². The molecule has 0 saturated heterocycles. The molecular weight excluding hydrogens is 374 g/mol. The number of carbonyl (C=O) groups excluding carboxylic acids is 1. The summed E-state index contributed by atoms with van der Waals surface area (Å²) in [5.74, 6) is 0.0281. The van der Waals surface area contributed by atoms with Crippen LogP contribution < -0.4 is 5.32 Å². The number of aromatic nitrogens is 4. The fourth-order valence-electron chi connectivity index (χ4n) is 3.66. The highest BCUT2D eigenvalue weighted by Crippen LogP contribution is 2.20. The molecule has 0 saturated carbocycles. The number of aromatic amines is 2. The van der Waals surface area contributed by atoms with Gasteiger partial charge in [-0.25, -0.2) is 9.97 Å². The molecule has 5 rings (SSSR count). The summed E-state index contributed by atoms with van der Waals surface area (Å²) in [6, 6.07) is 14.3. The average molecular weight is 395 g/mol.